The Bertz CT molecular complexity index is 1110. The average Bonchev–Trinajstić information content (AvgIpc) is 3.47. The van der Waals surface area contributed by atoms with Gasteiger partial charge in [0.25, 0.3) is 0 Å². The lowest BCUT2D eigenvalue weighted by Crippen LogP contribution is -2.27. The lowest BCUT2D eigenvalue weighted by Gasteiger charge is -2.15. The lowest BCUT2D eigenvalue weighted by atomic mass is 10.1. The first-order valence-electron chi connectivity index (χ1n) is 10.5. The number of rotatable bonds is 8. The number of amides is 1. The van der Waals surface area contributed by atoms with Crippen LogP contribution in [-0.4, -0.2) is 47.5 Å². The van der Waals surface area contributed by atoms with Gasteiger partial charge in [-0.15, -0.1) is 0 Å². The summed E-state index contributed by atoms with van der Waals surface area (Å²) in [5.74, 6) is 1.47. The quantitative estimate of drug-likeness (QED) is 0.468. The van der Waals surface area contributed by atoms with E-state index in [0.29, 0.717) is 30.2 Å². The van der Waals surface area contributed by atoms with Gasteiger partial charge in [-0.05, 0) is 31.0 Å². The standard InChI is InChI=1S/C23H24N6O2S/c1-31-17-6-2-5-16(13-17)20-15-32-22(27-20)18(14-24)19-8-10-26-23(28-19)25-9-4-12-29-11-3-7-21(29)30/h2,5-6,8,10,13,15,27H,3-4,7,9,11-12H2,1H3,(H,25,26,28). The molecule has 4 rings (SSSR count). The fraction of sp³-hybridized carbons (Fsp3) is 0.304. The van der Waals surface area contributed by atoms with Crippen LogP contribution in [0.15, 0.2) is 47.0 Å². The van der Waals surface area contributed by atoms with Gasteiger partial charge in [-0.25, -0.2) is 9.97 Å². The van der Waals surface area contributed by atoms with Gasteiger partial charge in [0.15, 0.2) is 0 Å². The van der Waals surface area contributed by atoms with Crippen molar-refractivity contribution in [3.8, 4) is 11.8 Å². The highest BCUT2D eigenvalue weighted by Crippen LogP contribution is 2.35. The molecule has 0 spiro atoms. The highest BCUT2D eigenvalue weighted by atomic mass is 32.2. The summed E-state index contributed by atoms with van der Waals surface area (Å²) in [5.41, 5.74) is 2.89. The number of nitrogens with one attached hydrogen (secondary N) is 2. The summed E-state index contributed by atoms with van der Waals surface area (Å²) in [6.45, 7) is 2.24. The van der Waals surface area contributed by atoms with E-state index in [0.717, 1.165) is 48.0 Å². The second-order valence-electron chi connectivity index (χ2n) is 7.35. The van der Waals surface area contributed by atoms with Gasteiger partial charge in [-0.3, -0.25) is 4.79 Å². The van der Waals surface area contributed by atoms with Crippen molar-refractivity contribution in [2.24, 2.45) is 0 Å². The number of thioether (sulfide) groups is 1. The second-order valence-corrected chi connectivity index (χ2v) is 8.23. The van der Waals surface area contributed by atoms with Crippen LogP contribution in [0.2, 0.25) is 0 Å². The highest BCUT2D eigenvalue weighted by molar-refractivity contribution is 8.06. The summed E-state index contributed by atoms with van der Waals surface area (Å²) in [4.78, 5) is 22.4. The van der Waals surface area contributed by atoms with Crippen LogP contribution in [0.1, 0.15) is 30.5 Å². The molecule has 0 radical (unpaired) electrons. The van der Waals surface area contributed by atoms with Crippen molar-refractivity contribution >= 4 is 34.9 Å². The Morgan fingerprint density at radius 1 is 1.41 bits per heavy atom. The monoisotopic (exact) mass is 448 g/mol. The summed E-state index contributed by atoms with van der Waals surface area (Å²) in [7, 11) is 1.64. The molecule has 3 heterocycles. The number of anilines is 1. The van der Waals surface area contributed by atoms with Crippen molar-refractivity contribution in [1.29, 1.82) is 5.26 Å². The number of nitrogens with zero attached hydrogens (tertiary/aromatic N) is 4. The van der Waals surface area contributed by atoms with Crippen LogP contribution in [0.5, 0.6) is 5.75 Å². The van der Waals surface area contributed by atoms with E-state index < -0.39 is 0 Å². The summed E-state index contributed by atoms with van der Waals surface area (Å²) in [5, 5.41) is 19.0. The molecule has 1 aromatic carbocycles. The zero-order chi connectivity index (χ0) is 22.3. The summed E-state index contributed by atoms with van der Waals surface area (Å²) < 4.78 is 5.30. The van der Waals surface area contributed by atoms with E-state index in [1.165, 1.54) is 11.8 Å². The first-order valence-corrected chi connectivity index (χ1v) is 11.3. The van der Waals surface area contributed by atoms with Crippen LogP contribution < -0.4 is 15.4 Å². The molecule has 2 aliphatic rings. The Balaban J connectivity index is 1.40. The van der Waals surface area contributed by atoms with Crippen molar-refractivity contribution in [3.63, 3.8) is 0 Å². The van der Waals surface area contributed by atoms with Gasteiger partial charge in [0, 0.05) is 43.2 Å². The maximum atomic E-state index is 11.7. The number of aromatic nitrogens is 2. The minimum Gasteiger partial charge on any atom is -0.497 e. The fourth-order valence-corrected chi connectivity index (χ4v) is 4.44. The van der Waals surface area contributed by atoms with Crippen molar-refractivity contribution in [3.05, 3.63) is 58.2 Å². The molecule has 2 aromatic rings. The summed E-state index contributed by atoms with van der Waals surface area (Å²) in [6.07, 6.45) is 4.06. The minimum absolute atomic E-state index is 0.233. The van der Waals surface area contributed by atoms with E-state index in [4.69, 9.17) is 4.74 Å². The van der Waals surface area contributed by atoms with Gasteiger partial charge in [0.05, 0.1) is 23.5 Å². The highest BCUT2D eigenvalue weighted by Gasteiger charge is 2.20. The van der Waals surface area contributed by atoms with Gasteiger partial charge < -0.3 is 20.3 Å². The van der Waals surface area contributed by atoms with Gasteiger partial charge in [0.1, 0.15) is 17.4 Å². The van der Waals surface area contributed by atoms with E-state index in [1.807, 2.05) is 34.6 Å². The van der Waals surface area contributed by atoms with Crippen LogP contribution >= 0.6 is 11.8 Å². The van der Waals surface area contributed by atoms with E-state index >= 15 is 0 Å². The SMILES string of the molecule is COc1cccc(C2=CSC(=C(C#N)c3ccnc(NCCCN4CCCC4=O)n3)N2)c1. The third kappa shape index (κ3) is 5.03. The molecule has 164 valence electrons. The van der Waals surface area contributed by atoms with Crippen molar-refractivity contribution < 1.29 is 9.53 Å². The van der Waals surface area contributed by atoms with Crippen LogP contribution in [0.3, 0.4) is 0 Å². The van der Waals surface area contributed by atoms with Crippen molar-refractivity contribution in [2.45, 2.75) is 19.3 Å². The molecular weight excluding hydrogens is 424 g/mol. The third-order valence-electron chi connectivity index (χ3n) is 5.23. The smallest absolute Gasteiger partial charge is 0.223 e. The Labute approximate surface area is 191 Å². The number of hydrogen-bond acceptors (Lipinski definition) is 8. The third-order valence-corrected chi connectivity index (χ3v) is 6.13. The van der Waals surface area contributed by atoms with Crippen molar-refractivity contribution in [1.82, 2.24) is 20.2 Å². The van der Waals surface area contributed by atoms with Crippen LogP contribution in [0, 0.1) is 11.3 Å². The molecule has 9 heteroatoms. The molecule has 0 saturated carbocycles. The Morgan fingerprint density at radius 2 is 2.31 bits per heavy atom. The van der Waals surface area contributed by atoms with E-state index in [9.17, 15) is 10.1 Å². The molecule has 0 bridgehead atoms. The molecule has 2 N–H and O–H groups in total. The molecular formula is C23H24N6O2S. The average molecular weight is 449 g/mol. The Hall–Kier alpha value is -3.51. The predicted octanol–water partition coefficient (Wildman–Crippen LogP) is 3.44. The summed E-state index contributed by atoms with van der Waals surface area (Å²) >= 11 is 1.45. The number of benzene rings is 1. The number of methoxy groups -OCH3 is 1. The molecule has 1 fully saturated rings. The van der Waals surface area contributed by atoms with Gasteiger partial charge in [-0.2, -0.15) is 5.26 Å². The number of hydrogen-bond donors (Lipinski definition) is 2. The molecule has 0 atom stereocenters. The van der Waals surface area contributed by atoms with E-state index in [1.54, 1.807) is 19.4 Å². The molecule has 2 aliphatic heterocycles. The zero-order valence-electron chi connectivity index (χ0n) is 17.8. The lowest BCUT2D eigenvalue weighted by molar-refractivity contribution is -0.127. The van der Waals surface area contributed by atoms with E-state index in [-0.39, 0.29) is 5.91 Å². The number of nitriles is 1. The molecule has 0 aliphatic carbocycles. The number of allylic oxidation sites excluding steroid dienone is 1. The fourth-order valence-electron chi connectivity index (χ4n) is 3.57. The minimum atomic E-state index is 0.233. The number of carbonyl (C=O) groups is 1. The second kappa shape index (κ2) is 10.2. The Kier molecular flexibility index (Phi) is 6.92. The Morgan fingerprint density at radius 3 is 3.09 bits per heavy atom. The molecule has 8 nitrogen and oxygen atoms in total. The van der Waals surface area contributed by atoms with Crippen LogP contribution in [0.25, 0.3) is 11.3 Å². The number of likely N-dealkylation sites (tertiary alicyclic amines) is 1. The molecule has 1 amide bonds. The maximum absolute atomic E-state index is 11.7. The van der Waals surface area contributed by atoms with Gasteiger partial charge >= 0.3 is 0 Å². The largest absolute Gasteiger partial charge is 0.497 e. The first-order chi connectivity index (χ1) is 15.7. The number of carbonyl (C=O) groups excluding carboxylic acids is 1. The maximum Gasteiger partial charge on any atom is 0.223 e. The molecule has 1 saturated heterocycles. The normalized spacial score (nSPS) is 16.9. The van der Waals surface area contributed by atoms with Gasteiger partial charge in [0.2, 0.25) is 11.9 Å². The van der Waals surface area contributed by atoms with Crippen LogP contribution in [0.4, 0.5) is 5.95 Å². The molecule has 32 heavy (non-hydrogen) atoms. The van der Waals surface area contributed by atoms with E-state index in [2.05, 4.69) is 26.7 Å². The summed E-state index contributed by atoms with van der Waals surface area (Å²) in [6, 6.07) is 11.7. The van der Waals surface area contributed by atoms with Gasteiger partial charge in [-0.1, -0.05) is 23.9 Å². The van der Waals surface area contributed by atoms with Crippen molar-refractivity contribution in [2.75, 3.05) is 32.1 Å². The predicted molar refractivity (Wildman–Crippen MR) is 125 cm³/mol. The first kappa shape index (κ1) is 21.7. The van der Waals surface area contributed by atoms with Crippen LogP contribution in [-0.2, 0) is 4.79 Å². The topological polar surface area (TPSA) is 103 Å². The zero-order valence-corrected chi connectivity index (χ0v) is 18.6. The number of ether oxygens (including phenoxy) is 1. The molecule has 0 unspecified atom stereocenters. The molecule has 1 aromatic heterocycles.